The van der Waals surface area contributed by atoms with Crippen LogP contribution in [0.15, 0.2) is 64.8 Å². The minimum absolute atomic E-state index is 0.0592. The fourth-order valence-electron chi connectivity index (χ4n) is 2.90. The standard InChI is InChI=1S/C20H19N3/c1-14(2)22-23-20(3,13-21)19-17-10-6-4-8-15(17)12-16-9-5-7-11-18(16)19/h4-12,14H,1-3H3. The second-order valence-electron chi connectivity index (χ2n) is 6.19. The zero-order chi connectivity index (χ0) is 16.4. The molecular formula is C20H19N3. The second-order valence-corrected chi connectivity index (χ2v) is 6.19. The zero-order valence-corrected chi connectivity index (χ0v) is 13.6. The van der Waals surface area contributed by atoms with Crippen molar-refractivity contribution in [1.82, 2.24) is 0 Å². The van der Waals surface area contributed by atoms with Crippen molar-refractivity contribution >= 4 is 21.5 Å². The van der Waals surface area contributed by atoms with E-state index in [0.29, 0.717) is 0 Å². The summed E-state index contributed by atoms with van der Waals surface area (Å²) in [4.78, 5) is 0. The third-order valence-electron chi connectivity index (χ3n) is 3.96. The molecule has 3 nitrogen and oxygen atoms in total. The van der Waals surface area contributed by atoms with Crippen LogP contribution in [-0.2, 0) is 5.54 Å². The van der Waals surface area contributed by atoms with Gasteiger partial charge in [0.05, 0.1) is 12.1 Å². The summed E-state index contributed by atoms with van der Waals surface area (Å²) in [6.07, 6.45) is 0. The highest BCUT2D eigenvalue weighted by Crippen LogP contribution is 2.38. The van der Waals surface area contributed by atoms with Gasteiger partial charge in [-0.25, -0.2) is 0 Å². The summed E-state index contributed by atoms with van der Waals surface area (Å²) in [7, 11) is 0. The second kappa shape index (κ2) is 5.81. The van der Waals surface area contributed by atoms with Gasteiger partial charge in [0, 0.05) is 5.56 Å². The molecule has 0 aliphatic carbocycles. The van der Waals surface area contributed by atoms with Crippen molar-refractivity contribution in [2.45, 2.75) is 32.4 Å². The van der Waals surface area contributed by atoms with Gasteiger partial charge in [0.25, 0.3) is 0 Å². The molecule has 3 rings (SSSR count). The van der Waals surface area contributed by atoms with Gasteiger partial charge in [-0.15, -0.1) is 0 Å². The molecule has 0 aromatic heterocycles. The maximum atomic E-state index is 9.87. The number of benzene rings is 3. The topological polar surface area (TPSA) is 48.5 Å². The fraction of sp³-hybridized carbons (Fsp3) is 0.250. The van der Waals surface area contributed by atoms with Crippen LogP contribution in [-0.4, -0.2) is 6.04 Å². The Morgan fingerprint density at radius 1 is 0.957 bits per heavy atom. The number of nitrogens with zero attached hydrogens (tertiary/aromatic N) is 3. The molecule has 0 bridgehead atoms. The summed E-state index contributed by atoms with van der Waals surface area (Å²) in [5.74, 6) is 0. The van der Waals surface area contributed by atoms with Crippen molar-refractivity contribution in [3.8, 4) is 6.07 Å². The summed E-state index contributed by atoms with van der Waals surface area (Å²) < 4.78 is 0. The van der Waals surface area contributed by atoms with Gasteiger partial charge >= 0.3 is 0 Å². The molecule has 0 spiro atoms. The Morgan fingerprint density at radius 2 is 1.48 bits per heavy atom. The lowest BCUT2D eigenvalue weighted by Crippen LogP contribution is -2.17. The van der Waals surface area contributed by atoms with E-state index in [4.69, 9.17) is 0 Å². The third kappa shape index (κ3) is 2.68. The van der Waals surface area contributed by atoms with E-state index in [-0.39, 0.29) is 6.04 Å². The largest absolute Gasteiger partial charge is 0.195 e. The normalized spacial score (nSPS) is 14.4. The molecule has 0 heterocycles. The van der Waals surface area contributed by atoms with Gasteiger partial charge in [0.15, 0.2) is 5.54 Å². The highest BCUT2D eigenvalue weighted by Gasteiger charge is 2.30. The molecule has 0 radical (unpaired) electrons. The first-order valence-electron chi connectivity index (χ1n) is 7.79. The summed E-state index contributed by atoms with van der Waals surface area (Å²) in [6.45, 7) is 5.76. The number of nitriles is 1. The molecule has 0 aliphatic heterocycles. The van der Waals surface area contributed by atoms with E-state index >= 15 is 0 Å². The van der Waals surface area contributed by atoms with Crippen LogP contribution >= 0.6 is 0 Å². The number of rotatable bonds is 3. The van der Waals surface area contributed by atoms with Gasteiger partial charge in [0.2, 0.25) is 0 Å². The summed E-state index contributed by atoms with van der Waals surface area (Å²) in [5.41, 5.74) is -0.0804. The van der Waals surface area contributed by atoms with Crippen LogP contribution in [0.1, 0.15) is 26.3 Å². The van der Waals surface area contributed by atoms with Gasteiger partial charge in [-0.2, -0.15) is 15.5 Å². The van der Waals surface area contributed by atoms with Crippen molar-refractivity contribution < 1.29 is 0 Å². The van der Waals surface area contributed by atoms with E-state index in [1.807, 2.05) is 45.0 Å². The van der Waals surface area contributed by atoms with E-state index in [0.717, 1.165) is 27.1 Å². The van der Waals surface area contributed by atoms with Crippen molar-refractivity contribution in [1.29, 1.82) is 5.26 Å². The highest BCUT2D eigenvalue weighted by atomic mass is 15.2. The first-order chi connectivity index (χ1) is 11.0. The van der Waals surface area contributed by atoms with Crippen molar-refractivity contribution in [2.75, 3.05) is 0 Å². The van der Waals surface area contributed by atoms with Gasteiger partial charge in [-0.3, -0.25) is 0 Å². The molecule has 114 valence electrons. The van der Waals surface area contributed by atoms with Gasteiger partial charge in [-0.05, 0) is 48.4 Å². The molecule has 0 amide bonds. The van der Waals surface area contributed by atoms with E-state index in [1.165, 1.54) is 0 Å². The lowest BCUT2D eigenvalue weighted by Gasteiger charge is -2.21. The molecule has 3 aromatic carbocycles. The molecule has 0 fully saturated rings. The van der Waals surface area contributed by atoms with Gasteiger partial charge in [0.1, 0.15) is 0 Å². The Labute approximate surface area is 136 Å². The van der Waals surface area contributed by atoms with Crippen molar-refractivity contribution in [2.24, 2.45) is 10.2 Å². The Bertz CT molecular complexity index is 880. The van der Waals surface area contributed by atoms with Crippen LogP contribution in [0.5, 0.6) is 0 Å². The van der Waals surface area contributed by atoms with E-state index in [2.05, 4.69) is 46.6 Å². The van der Waals surface area contributed by atoms with Crippen molar-refractivity contribution in [3.05, 3.63) is 60.2 Å². The molecule has 23 heavy (non-hydrogen) atoms. The zero-order valence-electron chi connectivity index (χ0n) is 13.6. The molecular weight excluding hydrogens is 282 g/mol. The Hall–Kier alpha value is -2.73. The smallest absolute Gasteiger partial charge is 0.190 e. The van der Waals surface area contributed by atoms with E-state index in [1.54, 1.807) is 0 Å². The minimum Gasteiger partial charge on any atom is -0.195 e. The predicted octanol–water partition coefficient (Wildman–Crippen LogP) is 5.59. The molecule has 1 unspecified atom stereocenters. The van der Waals surface area contributed by atoms with E-state index in [9.17, 15) is 5.26 Å². The maximum Gasteiger partial charge on any atom is 0.190 e. The minimum atomic E-state index is -1.01. The third-order valence-corrected chi connectivity index (χ3v) is 3.96. The SMILES string of the molecule is CC(C)N=NC(C)(C#N)c1c2ccccc2cc2ccccc12. The molecule has 3 heteroatoms. The van der Waals surface area contributed by atoms with Gasteiger partial charge in [-0.1, -0.05) is 48.5 Å². The van der Waals surface area contributed by atoms with E-state index < -0.39 is 5.54 Å². The monoisotopic (exact) mass is 301 g/mol. The highest BCUT2D eigenvalue weighted by molar-refractivity contribution is 6.03. The molecule has 0 saturated heterocycles. The van der Waals surface area contributed by atoms with Crippen LogP contribution in [0.2, 0.25) is 0 Å². The number of hydrogen-bond acceptors (Lipinski definition) is 3. The van der Waals surface area contributed by atoms with Gasteiger partial charge < -0.3 is 0 Å². The molecule has 0 aliphatic rings. The molecule has 0 saturated carbocycles. The summed E-state index contributed by atoms with van der Waals surface area (Å²) >= 11 is 0. The number of fused-ring (bicyclic) bond motifs is 2. The van der Waals surface area contributed by atoms with Crippen LogP contribution in [0.25, 0.3) is 21.5 Å². The first kappa shape index (κ1) is 15.2. The van der Waals surface area contributed by atoms with Crippen LogP contribution in [0.3, 0.4) is 0 Å². The lowest BCUT2D eigenvalue weighted by molar-refractivity contribution is 0.578. The quantitative estimate of drug-likeness (QED) is 0.459. The average molecular weight is 301 g/mol. The Balaban J connectivity index is 2.43. The molecule has 0 N–H and O–H groups in total. The molecule has 1 atom stereocenters. The van der Waals surface area contributed by atoms with Crippen LogP contribution < -0.4 is 0 Å². The van der Waals surface area contributed by atoms with Crippen molar-refractivity contribution in [3.63, 3.8) is 0 Å². The summed E-state index contributed by atoms with van der Waals surface area (Å²) in [5, 5.41) is 22.9. The molecule has 3 aromatic rings. The van der Waals surface area contributed by atoms with Crippen LogP contribution in [0.4, 0.5) is 0 Å². The fourth-order valence-corrected chi connectivity index (χ4v) is 2.90. The Kier molecular flexibility index (Phi) is 3.83. The first-order valence-corrected chi connectivity index (χ1v) is 7.79. The lowest BCUT2D eigenvalue weighted by atomic mass is 9.85. The Morgan fingerprint density at radius 3 is 1.96 bits per heavy atom. The average Bonchev–Trinajstić information content (AvgIpc) is 2.57. The summed E-state index contributed by atoms with van der Waals surface area (Å²) in [6, 6.07) is 20.9. The number of hydrogen-bond donors (Lipinski definition) is 0. The van der Waals surface area contributed by atoms with Crippen LogP contribution in [0, 0.1) is 11.3 Å². The number of azo groups is 1. The maximum absolute atomic E-state index is 9.87. The predicted molar refractivity (Wildman–Crippen MR) is 94.4 cm³/mol.